The lowest BCUT2D eigenvalue weighted by molar-refractivity contribution is -0.133. The predicted octanol–water partition coefficient (Wildman–Crippen LogP) is 5.20. The molecular formula is C22H44N2O. The second kappa shape index (κ2) is 12.7. The summed E-state index contributed by atoms with van der Waals surface area (Å²) < 4.78 is 0. The molecule has 0 saturated carbocycles. The van der Waals surface area contributed by atoms with Crippen molar-refractivity contribution in [3.8, 4) is 0 Å². The molecular weight excluding hydrogens is 308 g/mol. The van der Waals surface area contributed by atoms with E-state index in [2.05, 4.69) is 30.6 Å². The molecule has 0 aliphatic carbocycles. The van der Waals surface area contributed by atoms with Crippen LogP contribution in [-0.4, -0.2) is 48.4 Å². The summed E-state index contributed by atoms with van der Waals surface area (Å²) in [6.45, 7) is 16.6. The predicted molar refractivity (Wildman–Crippen MR) is 109 cm³/mol. The molecule has 0 aromatic heterocycles. The van der Waals surface area contributed by atoms with Gasteiger partial charge in [0.2, 0.25) is 5.91 Å². The number of carbonyl (C=O) groups excluding carboxylic acids is 1. The summed E-state index contributed by atoms with van der Waals surface area (Å²) in [4.78, 5) is 17.0. The Morgan fingerprint density at radius 3 is 1.96 bits per heavy atom. The molecule has 1 amide bonds. The van der Waals surface area contributed by atoms with E-state index < -0.39 is 0 Å². The van der Waals surface area contributed by atoms with Crippen LogP contribution in [0.5, 0.6) is 0 Å². The van der Waals surface area contributed by atoms with E-state index >= 15 is 0 Å². The maximum Gasteiger partial charge on any atom is 0.222 e. The van der Waals surface area contributed by atoms with Gasteiger partial charge >= 0.3 is 0 Å². The summed E-state index contributed by atoms with van der Waals surface area (Å²) >= 11 is 0. The second-order valence-electron chi connectivity index (χ2n) is 8.18. The van der Waals surface area contributed by atoms with E-state index in [9.17, 15) is 4.79 Å². The molecule has 0 bridgehead atoms. The molecule has 0 spiro atoms. The van der Waals surface area contributed by atoms with Gasteiger partial charge in [-0.2, -0.15) is 0 Å². The minimum absolute atomic E-state index is 0.395. The molecule has 2 fully saturated rings. The van der Waals surface area contributed by atoms with Crippen LogP contribution in [0, 0.1) is 17.8 Å². The Balaban J connectivity index is 0.00000151. The van der Waals surface area contributed by atoms with Crippen LogP contribution in [0.25, 0.3) is 0 Å². The third-order valence-corrected chi connectivity index (χ3v) is 5.95. The standard InChI is InChI=1S/C20H38N2O.C2H6/c1-4-5-12-21-13-8-18(9-14-21)19-10-15-22(16-11-19)20(23)7-6-17(2)3;1-2/h17-19H,4-16H2,1-3H3;1-2H3. The zero-order valence-electron chi connectivity index (χ0n) is 17.7. The zero-order valence-corrected chi connectivity index (χ0v) is 17.7. The van der Waals surface area contributed by atoms with E-state index in [0.717, 1.165) is 37.8 Å². The quantitative estimate of drug-likeness (QED) is 0.629. The highest BCUT2D eigenvalue weighted by Gasteiger charge is 2.30. The Bertz CT molecular complexity index is 340. The number of hydrogen-bond donors (Lipinski definition) is 0. The summed E-state index contributed by atoms with van der Waals surface area (Å²) in [5, 5.41) is 0. The Labute approximate surface area is 157 Å². The fourth-order valence-corrected chi connectivity index (χ4v) is 4.22. The van der Waals surface area contributed by atoms with Gasteiger partial charge in [0.05, 0.1) is 0 Å². The Morgan fingerprint density at radius 2 is 1.48 bits per heavy atom. The molecule has 2 saturated heterocycles. The number of likely N-dealkylation sites (tertiary alicyclic amines) is 2. The van der Waals surface area contributed by atoms with Gasteiger partial charge in [-0.05, 0) is 75.9 Å². The van der Waals surface area contributed by atoms with Crippen molar-refractivity contribution in [3.63, 3.8) is 0 Å². The molecule has 2 aliphatic rings. The Kier molecular flexibility index (Phi) is 11.4. The number of nitrogens with zero attached hydrogens (tertiary/aromatic N) is 2. The number of carbonyl (C=O) groups is 1. The zero-order chi connectivity index (χ0) is 18.7. The molecule has 0 radical (unpaired) electrons. The van der Waals surface area contributed by atoms with Crippen LogP contribution in [0.2, 0.25) is 0 Å². The van der Waals surface area contributed by atoms with Gasteiger partial charge in [0.1, 0.15) is 0 Å². The molecule has 2 aliphatic heterocycles. The number of unbranched alkanes of at least 4 members (excludes halogenated alkanes) is 1. The molecule has 148 valence electrons. The Morgan fingerprint density at radius 1 is 0.960 bits per heavy atom. The van der Waals surface area contributed by atoms with E-state index in [-0.39, 0.29) is 0 Å². The first-order valence-electron chi connectivity index (χ1n) is 11.1. The SMILES string of the molecule is CC.CCCCN1CCC(C2CCN(C(=O)CCC(C)C)CC2)CC1. The highest BCUT2D eigenvalue weighted by atomic mass is 16.2. The number of piperidine rings is 2. The van der Waals surface area contributed by atoms with Crippen LogP contribution >= 0.6 is 0 Å². The maximum atomic E-state index is 12.2. The fourth-order valence-electron chi connectivity index (χ4n) is 4.22. The van der Waals surface area contributed by atoms with Gasteiger partial charge < -0.3 is 9.80 Å². The number of rotatable bonds is 7. The summed E-state index contributed by atoms with van der Waals surface area (Å²) in [7, 11) is 0. The van der Waals surface area contributed by atoms with E-state index in [1.54, 1.807) is 0 Å². The number of amides is 1. The average molecular weight is 353 g/mol. The summed E-state index contributed by atoms with van der Waals surface area (Å²) in [5.41, 5.74) is 0. The minimum atomic E-state index is 0.395. The van der Waals surface area contributed by atoms with E-state index in [4.69, 9.17) is 0 Å². The molecule has 0 aromatic carbocycles. The smallest absolute Gasteiger partial charge is 0.222 e. The molecule has 0 aromatic rings. The highest BCUT2D eigenvalue weighted by Crippen LogP contribution is 2.32. The third-order valence-electron chi connectivity index (χ3n) is 5.95. The normalized spacial score (nSPS) is 20.5. The van der Waals surface area contributed by atoms with Crippen LogP contribution in [-0.2, 0) is 4.79 Å². The molecule has 2 heterocycles. The van der Waals surface area contributed by atoms with E-state index in [0.29, 0.717) is 11.8 Å². The van der Waals surface area contributed by atoms with Crippen LogP contribution < -0.4 is 0 Å². The molecule has 0 atom stereocenters. The summed E-state index contributed by atoms with van der Waals surface area (Å²) in [6, 6.07) is 0. The molecule has 0 N–H and O–H groups in total. The van der Waals surface area contributed by atoms with E-state index in [1.165, 1.54) is 58.2 Å². The maximum absolute atomic E-state index is 12.2. The lowest BCUT2D eigenvalue weighted by Crippen LogP contribution is -2.42. The van der Waals surface area contributed by atoms with Crippen molar-refractivity contribution >= 4 is 5.91 Å². The van der Waals surface area contributed by atoms with Crippen LogP contribution in [0.15, 0.2) is 0 Å². The van der Waals surface area contributed by atoms with Gasteiger partial charge in [0, 0.05) is 19.5 Å². The fraction of sp³-hybridized carbons (Fsp3) is 0.955. The van der Waals surface area contributed by atoms with Crippen molar-refractivity contribution < 1.29 is 4.79 Å². The largest absolute Gasteiger partial charge is 0.343 e. The van der Waals surface area contributed by atoms with Crippen molar-refractivity contribution in [1.82, 2.24) is 9.80 Å². The molecule has 0 unspecified atom stereocenters. The van der Waals surface area contributed by atoms with Gasteiger partial charge in [-0.25, -0.2) is 0 Å². The minimum Gasteiger partial charge on any atom is -0.343 e. The molecule has 25 heavy (non-hydrogen) atoms. The van der Waals surface area contributed by atoms with Crippen molar-refractivity contribution in [1.29, 1.82) is 0 Å². The van der Waals surface area contributed by atoms with Crippen molar-refractivity contribution in [2.24, 2.45) is 17.8 Å². The van der Waals surface area contributed by atoms with Crippen LogP contribution in [0.4, 0.5) is 0 Å². The average Bonchev–Trinajstić information content (AvgIpc) is 2.66. The van der Waals surface area contributed by atoms with E-state index in [1.807, 2.05) is 13.8 Å². The van der Waals surface area contributed by atoms with Crippen molar-refractivity contribution in [2.45, 2.75) is 86.0 Å². The summed E-state index contributed by atoms with van der Waals surface area (Å²) in [5.74, 6) is 2.82. The van der Waals surface area contributed by atoms with Crippen molar-refractivity contribution in [2.75, 3.05) is 32.7 Å². The molecule has 3 nitrogen and oxygen atoms in total. The monoisotopic (exact) mass is 352 g/mol. The first-order valence-corrected chi connectivity index (χ1v) is 11.1. The van der Waals surface area contributed by atoms with Crippen molar-refractivity contribution in [3.05, 3.63) is 0 Å². The van der Waals surface area contributed by atoms with Crippen LogP contribution in [0.1, 0.15) is 86.0 Å². The van der Waals surface area contributed by atoms with Gasteiger partial charge in [-0.1, -0.05) is 41.0 Å². The molecule has 2 rings (SSSR count). The van der Waals surface area contributed by atoms with Gasteiger partial charge in [0.25, 0.3) is 0 Å². The lowest BCUT2D eigenvalue weighted by atomic mass is 9.78. The second-order valence-corrected chi connectivity index (χ2v) is 8.18. The van der Waals surface area contributed by atoms with Gasteiger partial charge in [0.15, 0.2) is 0 Å². The molecule has 3 heteroatoms. The lowest BCUT2D eigenvalue weighted by Gasteiger charge is -2.40. The topological polar surface area (TPSA) is 23.6 Å². The third kappa shape index (κ3) is 8.11. The highest BCUT2D eigenvalue weighted by molar-refractivity contribution is 5.76. The summed E-state index contributed by atoms with van der Waals surface area (Å²) in [6.07, 6.45) is 9.70. The van der Waals surface area contributed by atoms with Crippen LogP contribution in [0.3, 0.4) is 0 Å². The first-order chi connectivity index (χ1) is 12.1. The first kappa shape index (κ1) is 22.5. The van der Waals surface area contributed by atoms with Gasteiger partial charge in [-0.15, -0.1) is 0 Å². The Hall–Kier alpha value is -0.570. The van der Waals surface area contributed by atoms with Gasteiger partial charge in [-0.3, -0.25) is 4.79 Å². The number of hydrogen-bond acceptors (Lipinski definition) is 2.